The summed E-state index contributed by atoms with van der Waals surface area (Å²) in [6.07, 6.45) is -0.520. The van der Waals surface area contributed by atoms with Gasteiger partial charge in [-0.25, -0.2) is 4.39 Å². The predicted octanol–water partition coefficient (Wildman–Crippen LogP) is 3.56. The number of carbonyl (C=O) groups is 1. The molecule has 1 aliphatic heterocycles. The van der Waals surface area contributed by atoms with Crippen LogP contribution >= 0.6 is 0 Å². The van der Waals surface area contributed by atoms with Gasteiger partial charge in [0.05, 0.1) is 0 Å². The minimum absolute atomic E-state index is 0.00432. The Morgan fingerprint density at radius 2 is 1.69 bits per heavy atom. The maximum Gasteiger partial charge on any atom is 0.263 e. The normalized spacial score (nSPS) is 15.7. The van der Waals surface area contributed by atoms with Crippen LogP contribution in [-0.2, 0) is 4.79 Å². The Morgan fingerprint density at radius 1 is 1.04 bits per heavy atom. The van der Waals surface area contributed by atoms with Crippen molar-refractivity contribution < 1.29 is 13.9 Å². The molecule has 5 heteroatoms. The van der Waals surface area contributed by atoms with Crippen LogP contribution in [0.2, 0.25) is 0 Å². The van der Waals surface area contributed by atoms with E-state index >= 15 is 0 Å². The van der Waals surface area contributed by atoms with Crippen molar-refractivity contribution in [3.63, 3.8) is 0 Å². The maximum atomic E-state index is 13.1. The number of amides is 1. The maximum absolute atomic E-state index is 13.1. The molecule has 1 fully saturated rings. The second-order valence-electron chi connectivity index (χ2n) is 6.82. The lowest BCUT2D eigenvalue weighted by molar-refractivity contribution is -0.138. The lowest BCUT2D eigenvalue weighted by atomic mass is 10.1. The molecule has 138 valence electrons. The summed E-state index contributed by atoms with van der Waals surface area (Å²) in [5, 5.41) is 0. The van der Waals surface area contributed by atoms with E-state index in [1.807, 2.05) is 36.9 Å². The molecule has 2 aromatic rings. The lowest BCUT2D eigenvalue weighted by Gasteiger charge is -2.37. The first-order valence-corrected chi connectivity index (χ1v) is 8.97. The van der Waals surface area contributed by atoms with Crippen molar-refractivity contribution in [3.05, 3.63) is 59.4 Å². The molecule has 0 bridgehead atoms. The number of hydrogen-bond donors (Lipinski definition) is 0. The first kappa shape index (κ1) is 18.2. The third-order valence-corrected chi connectivity index (χ3v) is 4.78. The van der Waals surface area contributed by atoms with E-state index in [4.69, 9.17) is 4.74 Å². The number of halogens is 1. The molecular formula is C21H25FN2O2. The van der Waals surface area contributed by atoms with E-state index in [1.54, 1.807) is 19.1 Å². The van der Waals surface area contributed by atoms with E-state index in [2.05, 4.69) is 4.90 Å². The summed E-state index contributed by atoms with van der Waals surface area (Å²) in [6, 6.07) is 12.5. The van der Waals surface area contributed by atoms with Crippen LogP contribution in [0.4, 0.5) is 10.1 Å². The van der Waals surface area contributed by atoms with Crippen molar-refractivity contribution in [2.24, 2.45) is 0 Å². The summed E-state index contributed by atoms with van der Waals surface area (Å²) in [5.41, 5.74) is 3.12. The molecule has 1 atom stereocenters. The van der Waals surface area contributed by atoms with Gasteiger partial charge in [-0.2, -0.15) is 0 Å². The molecule has 0 aliphatic carbocycles. The highest BCUT2D eigenvalue weighted by molar-refractivity contribution is 5.81. The van der Waals surface area contributed by atoms with Gasteiger partial charge in [-0.3, -0.25) is 4.79 Å². The first-order chi connectivity index (χ1) is 12.4. The summed E-state index contributed by atoms with van der Waals surface area (Å²) < 4.78 is 19.0. The largest absolute Gasteiger partial charge is 0.481 e. The van der Waals surface area contributed by atoms with Crippen LogP contribution in [0, 0.1) is 19.7 Å². The van der Waals surface area contributed by atoms with Gasteiger partial charge < -0.3 is 14.5 Å². The van der Waals surface area contributed by atoms with E-state index in [1.165, 1.54) is 12.1 Å². The van der Waals surface area contributed by atoms with E-state index < -0.39 is 6.10 Å². The number of piperazine rings is 1. The molecule has 0 N–H and O–H groups in total. The average Bonchev–Trinajstić information content (AvgIpc) is 2.65. The molecule has 1 saturated heterocycles. The number of hydrogen-bond acceptors (Lipinski definition) is 3. The second kappa shape index (κ2) is 7.77. The summed E-state index contributed by atoms with van der Waals surface area (Å²) in [5.74, 6) is 0.528. The van der Waals surface area contributed by atoms with E-state index in [-0.39, 0.29) is 11.7 Å². The van der Waals surface area contributed by atoms with E-state index in [9.17, 15) is 9.18 Å². The number of ether oxygens (including phenoxy) is 1. The van der Waals surface area contributed by atoms with Crippen LogP contribution in [0.5, 0.6) is 5.75 Å². The molecule has 0 saturated carbocycles. The molecule has 3 rings (SSSR count). The van der Waals surface area contributed by atoms with Gasteiger partial charge in [-0.05, 0) is 62.2 Å². The molecule has 1 heterocycles. The van der Waals surface area contributed by atoms with Gasteiger partial charge >= 0.3 is 0 Å². The van der Waals surface area contributed by atoms with Crippen LogP contribution in [0.3, 0.4) is 0 Å². The number of anilines is 1. The molecule has 0 aromatic heterocycles. The monoisotopic (exact) mass is 356 g/mol. The standard InChI is InChI=1S/C21H25FN2O2/c1-15-4-5-16(2)20(14-15)26-17(3)21(25)24-12-10-23(11-13-24)19-8-6-18(22)7-9-19/h4-9,14,17H,10-13H2,1-3H3/t17-/m1/s1. The molecule has 26 heavy (non-hydrogen) atoms. The van der Waals surface area contributed by atoms with Crippen molar-refractivity contribution >= 4 is 11.6 Å². The minimum Gasteiger partial charge on any atom is -0.481 e. The molecule has 0 spiro atoms. The van der Waals surface area contributed by atoms with Crippen molar-refractivity contribution in [1.29, 1.82) is 0 Å². The predicted molar refractivity (Wildman–Crippen MR) is 101 cm³/mol. The van der Waals surface area contributed by atoms with Gasteiger partial charge in [0.25, 0.3) is 5.91 Å². The zero-order valence-electron chi connectivity index (χ0n) is 15.5. The zero-order chi connectivity index (χ0) is 18.7. The Balaban J connectivity index is 1.57. The first-order valence-electron chi connectivity index (χ1n) is 8.97. The van der Waals surface area contributed by atoms with Gasteiger partial charge in [0.1, 0.15) is 11.6 Å². The van der Waals surface area contributed by atoms with Crippen molar-refractivity contribution in [2.45, 2.75) is 26.9 Å². The van der Waals surface area contributed by atoms with Gasteiger partial charge in [0.15, 0.2) is 6.10 Å². The highest BCUT2D eigenvalue weighted by atomic mass is 19.1. The number of carbonyl (C=O) groups excluding carboxylic acids is 1. The van der Waals surface area contributed by atoms with Gasteiger partial charge in [0, 0.05) is 31.9 Å². The Kier molecular flexibility index (Phi) is 5.45. The Labute approximate surface area is 154 Å². The Morgan fingerprint density at radius 3 is 2.35 bits per heavy atom. The minimum atomic E-state index is -0.520. The third kappa shape index (κ3) is 4.15. The molecule has 0 unspecified atom stereocenters. The molecule has 2 aromatic carbocycles. The van der Waals surface area contributed by atoms with Crippen LogP contribution in [0.25, 0.3) is 0 Å². The number of rotatable bonds is 4. The highest BCUT2D eigenvalue weighted by Crippen LogP contribution is 2.22. The molecule has 0 radical (unpaired) electrons. The van der Waals surface area contributed by atoms with Crippen LogP contribution < -0.4 is 9.64 Å². The average molecular weight is 356 g/mol. The summed E-state index contributed by atoms with van der Waals surface area (Å²) in [6.45, 7) is 8.52. The highest BCUT2D eigenvalue weighted by Gasteiger charge is 2.26. The van der Waals surface area contributed by atoms with Crippen molar-refractivity contribution in [1.82, 2.24) is 4.90 Å². The van der Waals surface area contributed by atoms with Gasteiger partial charge in [-0.1, -0.05) is 12.1 Å². The third-order valence-electron chi connectivity index (χ3n) is 4.78. The smallest absolute Gasteiger partial charge is 0.263 e. The van der Waals surface area contributed by atoms with E-state index in [0.29, 0.717) is 13.1 Å². The fourth-order valence-corrected chi connectivity index (χ4v) is 3.17. The molecule has 4 nitrogen and oxygen atoms in total. The van der Waals surface area contributed by atoms with Crippen LogP contribution in [0.15, 0.2) is 42.5 Å². The Bertz CT molecular complexity index is 768. The second-order valence-corrected chi connectivity index (χ2v) is 6.82. The molecule has 1 amide bonds. The van der Waals surface area contributed by atoms with E-state index in [0.717, 1.165) is 35.7 Å². The van der Waals surface area contributed by atoms with Crippen LogP contribution in [0.1, 0.15) is 18.1 Å². The van der Waals surface area contributed by atoms with Gasteiger partial charge in [0.2, 0.25) is 0 Å². The molecular weight excluding hydrogens is 331 g/mol. The van der Waals surface area contributed by atoms with Crippen LogP contribution in [-0.4, -0.2) is 43.1 Å². The quantitative estimate of drug-likeness (QED) is 0.840. The lowest BCUT2D eigenvalue weighted by Crippen LogP contribution is -2.52. The summed E-state index contributed by atoms with van der Waals surface area (Å²) in [4.78, 5) is 16.7. The summed E-state index contributed by atoms with van der Waals surface area (Å²) in [7, 11) is 0. The van der Waals surface area contributed by atoms with Crippen molar-refractivity contribution in [3.8, 4) is 5.75 Å². The fourth-order valence-electron chi connectivity index (χ4n) is 3.17. The number of aryl methyl sites for hydroxylation is 2. The van der Waals surface area contributed by atoms with Gasteiger partial charge in [-0.15, -0.1) is 0 Å². The molecule has 1 aliphatic rings. The zero-order valence-corrected chi connectivity index (χ0v) is 15.5. The SMILES string of the molecule is Cc1ccc(C)c(O[C@H](C)C(=O)N2CCN(c3ccc(F)cc3)CC2)c1. The topological polar surface area (TPSA) is 32.8 Å². The fraction of sp³-hybridized carbons (Fsp3) is 0.381. The summed E-state index contributed by atoms with van der Waals surface area (Å²) >= 11 is 0. The van der Waals surface area contributed by atoms with Crippen molar-refractivity contribution in [2.75, 3.05) is 31.1 Å². The Hall–Kier alpha value is -2.56. The number of nitrogens with zero attached hydrogens (tertiary/aromatic N) is 2. The number of benzene rings is 2.